The first kappa shape index (κ1) is 18.5. The van der Waals surface area contributed by atoms with Gasteiger partial charge in [0.05, 0.1) is 23.8 Å². The second-order valence-electron chi connectivity index (χ2n) is 5.31. The molecule has 0 amide bonds. The van der Waals surface area contributed by atoms with Crippen LogP contribution in [-0.4, -0.2) is 17.8 Å². The summed E-state index contributed by atoms with van der Waals surface area (Å²) in [6, 6.07) is 2.26. The summed E-state index contributed by atoms with van der Waals surface area (Å²) in [5.74, 6) is -0.303. The first-order chi connectivity index (χ1) is 9.54. The molecule has 2 atom stereocenters. The van der Waals surface area contributed by atoms with E-state index in [1.165, 1.54) is 6.07 Å². The van der Waals surface area contributed by atoms with Crippen molar-refractivity contribution < 1.29 is 14.2 Å². The first-order valence-electron chi connectivity index (χ1n) is 7.10. The molecular formula is C15H22Cl2FNO2. The maximum Gasteiger partial charge on any atom is 0.173 e. The molecule has 0 spiro atoms. The van der Waals surface area contributed by atoms with E-state index in [0.717, 1.165) is 25.7 Å². The van der Waals surface area contributed by atoms with Crippen LogP contribution in [0.15, 0.2) is 12.1 Å². The standard InChI is InChI=1S/C15H21ClFNO2.ClH/c1-2-20-15-11(16)7-10(8-12(15)17)13(18)14(19)9-5-3-4-6-9;/h7-9,13-14,19H,2-6,18H2,1H3;1H/t13-,14+;/m0./s1. The molecule has 6 heteroatoms. The van der Waals surface area contributed by atoms with Crippen LogP contribution in [-0.2, 0) is 0 Å². The van der Waals surface area contributed by atoms with Crippen LogP contribution in [0.4, 0.5) is 4.39 Å². The Morgan fingerprint density at radius 1 is 1.43 bits per heavy atom. The van der Waals surface area contributed by atoms with E-state index in [2.05, 4.69) is 0 Å². The molecule has 2 rings (SSSR count). The molecule has 1 aromatic carbocycles. The van der Waals surface area contributed by atoms with Gasteiger partial charge < -0.3 is 15.6 Å². The van der Waals surface area contributed by atoms with Gasteiger partial charge in [0.2, 0.25) is 0 Å². The van der Waals surface area contributed by atoms with Gasteiger partial charge in [0.15, 0.2) is 11.6 Å². The van der Waals surface area contributed by atoms with Crippen molar-refractivity contribution in [2.24, 2.45) is 11.7 Å². The fourth-order valence-electron chi connectivity index (χ4n) is 2.84. The van der Waals surface area contributed by atoms with Crippen LogP contribution >= 0.6 is 24.0 Å². The van der Waals surface area contributed by atoms with Gasteiger partial charge >= 0.3 is 0 Å². The zero-order chi connectivity index (χ0) is 14.7. The fourth-order valence-corrected chi connectivity index (χ4v) is 3.11. The second-order valence-corrected chi connectivity index (χ2v) is 5.71. The normalized spacial score (nSPS) is 18.1. The highest BCUT2D eigenvalue weighted by atomic mass is 35.5. The molecule has 120 valence electrons. The molecule has 0 radical (unpaired) electrons. The number of hydrogen-bond acceptors (Lipinski definition) is 3. The highest BCUT2D eigenvalue weighted by Gasteiger charge is 2.29. The number of aliphatic hydroxyl groups is 1. The minimum Gasteiger partial charge on any atom is -0.489 e. The molecule has 0 bridgehead atoms. The van der Waals surface area contributed by atoms with E-state index in [9.17, 15) is 9.50 Å². The van der Waals surface area contributed by atoms with Crippen molar-refractivity contribution in [2.45, 2.75) is 44.8 Å². The number of hydrogen-bond donors (Lipinski definition) is 2. The number of rotatable bonds is 5. The molecular weight excluding hydrogens is 316 g/mol. The van der Waals surface area contributed by atoms with Gasteiger partial charge in [-0.15, -0.1) is 12.4 Å². The molecule has 0 unspecified atom stereocenters. The predicted molar refractivity (Wildman–Crippen MR) is 84.7 cm³/mol. The van der Waals surface area contributed by atoms with E-state index in [1.54, 1.807) is 13.0 Å². The zero-order valence-electron chi connectivity index (χ0n) is 12.0. The molecule has 3 N–H and O–H groups in total. The third-order valence-corrected chi connectivity index (χ3v) is 4.23. The van der Waals surface area contributed by atoms with Crippen LogP contribution in [0.1, 0.15) is 44.2 Å². The maximum absolute atomic E-state index is 14.0. The summed E-state index contributed by atoms with van der Waals surface area (Å²) in [6.45, 7) is 2.10. The Hall–Kier alpha value is -0.550. The lowest BCUT2D eigenvalue weighted by molar-refractivity contribution is 0.0844. The van der Waals surface area contributed by atoms with Crippen LogP contribution in [0, 0.1) is 11.7 Å². The smallest absolute Gasteiger partial charge is 0.173 e. The Morgan fingerprint density at radius 3 is 2.57 bits per heavy atom. The molecule has 21 heavy (non-hydrogen) atoms. The number of halogens is 3. The quantitative estimate of drug-likeness (QED) is 0.857. The van der Waals surface area contributed by atoms with E-state index in [1.807, 2.05) is 0 Å². The van der Waals surface area contributed by atoms with Crippen LogP contribution in [0.2, 0.25) is 5.02 Å². The van der Waals surface area contributed by atoms with E-state index < -0.39 is 18.0 Å². The third kappa shape index (κ3) is 4.22. The minimum atomic E-state index is -0.661. The molecule has 0 saturated heterocycles. The highest BCUT2D eigenvalue weighted by molar-refractivity contribution is 6.32. The summed E-state index contributed by atoms with van der Waals surface area (Å²) < 4.78 is 19.1. The SMILES string of the molecule is CCOc1c(F)cc([C@H](N)[C@H](O)C2CCCC2)cc1Cl.Cl. The van der Waals surface area contributed by atoms with E-state index in [0.29, 0.717) is 12.2 Å². The van der Waals surface area contributed by atoms with Crippen molar-refractivity contribution in [1.29, 1.82) is 0 Å². The lowest BCUT2D eigenvalue weighted by Crippen LogP contribution is -2.32. The van der Waals surface area contributed by atoms with E-state index in [4.69, 9.17) is 22.1 Å². The molecule has 0 aromatic heterocycles. The molecule has 1 fully saturated rings. The molecule has 0 aliphatic heterocycles. The topological polar surface area (TPSA) is 55.5 Å². The molecule has 3 nitrogen and oxygen atoms in total. The van der Waals surface area contributed by atoms with Gasteiger partial charge in [0.1, 0.15) is 0 Å². The first-order valence-corrected chi connectivity index (χ1v) is 7.47. The van der Waals surface area contributed by atoms with Gasteiger partial charge in [-0.05, 0) is 43.4 Å². The summed E-state index contributed by atoms with van der Waals surface area (Å²) in [7, 11) is 0. The van der Waals surface area contributed by atoms with Crippen molar-refractivity contribution in [3.63, 3.8) is 0 Å². The Bertz CT molecular complexity index is 444. The van der Waals surface area contributed by atoms with Gasteiger partial charge in [0.25, 0.3) is 0 Å². The Morgan fingerprint density at radius 2 is 2.05 bits per heavy atom. The second kappa shape index (κ2) is 8.18. The Labute approximate surface area is 136 Å². The van der Waals surface area contributed by atoms with E-state index >= 15 is 0 Å². The fraction of sp³-hybridized carbons (Fsp3) is 0.600. The van der Waals surface area contributed by atoms with Crippen molar-refractivity contribution >= 4 is 24.0 Å². The number of aliphatic hydroxyl groups excluding tert-OH is 1. The molecule has 1 aliphatic rings. The number of ether oxygens (including phenoxy) is 1. The van der Waals surface area contributed by atoms with Gasteiger partial charge in [-0.2, -0.15) is 0 Å². The van der Waals surface area contributed by atoms with Crippen molar-refractivity contribution in [2.75, 3.05) is 6.61 Å². The summed E-state index contributed by atoms with van der Waals surface area (Å²) in [5.41, 5.74) is 6.57. The van der Waals surface area contributed by atoms with Gasteiger partial charge in [-0.25, -0.2) is 4.39 Å². The molecule has 1 aromatic rings. The zero-order valence-corrected chi connectivity index (χ0v) is 13.6. The number of nitrogens with two attached hydrogens (primary N) is 1. The van der Waals surface area contributed by atoms with Gasteiger partial charge in [-0.1, -0.05) is 24.4 Å². The van der Waals surface area contributed by atoms with Crippen molar-refractivity contribution in [3.05, 3.63) is 28.5 Å². The van der Waals surface area contributed by atoms with Gasteiger partial charge in [0, 0.05) is 0 Å². The summed E-state index contributed by atoms with van der Waals surface area (Å²) >= 11 is 6.02. The van der Waals surface area contributed by atoms with Crippen LogP contribution in [0.5, 0.6) is 5.75 Å². The lowest BCUT2D eigenvalue weighted by atomic mass is 9.91. The third-order valence-electron chi connectivity index (χ3n) is 3.94. The number of benzene rings is 1. The monoisotopic (exact) mass is 337 g/mol. The van der Waals surface area contributed by atoms with Crippen LogP contribution in [0.25, 0.3) is 0 Å². The Balaban J connectivity index is 0.00000220. The largest absolute Gasteiger partial charge is 0.489 e. The minimum absolute atomic E-state index is 0. The average molecular weight is 338 g/mol. The average Bonchev–Trinajstić information content (AvgIpc) is 2.95. The molecule has 1 saturated carbocycles. The molecule has 1 aliphatic carbocycles. The Kier molecular flexibility index (Phi) is 7.21. The van der Waals surface area contributed by atoms with Crippen LogP contribution < -0.4 is 10.5 Å². The van der Waals surface area contributed by atoms with Crippen LogP contribution in [0.3, 0.4) is 0 Å². The van der Waals surface area contributed by atoms with Crippen molar-refractivity contribution in [3.8, 4) is 5.75 Å². The predicted octanol–water partition coefficient (Wildman–Crippen LogP) is 3.85. The summed E-state index contributed by atoms with van der Waals surface area (Å²) in [4.78, 5) is 0. The summed E-state index contributed by atoms with van der Waals surface area (Å²) in [5, 5.41) is 10.5. The van der Waals surface area contributed by atoms with E-state index in [-0.39, 0.29) is 29.1 Å². The maximum atomic E-state index is 14.0. The molecule has 0 heterocycles. The summed E-state index contributed by atoms with van der Waals surface area (Å²) in [6.07, 6.45) is 3.52. The lowest BCUT2D eigenvalue weighted by Gasteiger charge is -2.25. The highest BCUT2D eigenvalue weighted by Crippen LogP contribution is 2.35. The van der Waals surface area contributed by atoms with Crippen molar-refractivity contribution in [1.82, 2.24) is 0 Å². The van der Waals surface area contributed by atoms with Gasteiger partial charge in [-0.3, -0.25) is 0 Å².